The van der Waals surface area contributed by atoms with Crippen molar-refractivity contribution >= 4 is 44.9 Å². The maximum absolute atomic E-state index is 12.1. The van der Waals surface area contributed by atoms with E-state index in [2.05, 4.69) is 22.0 Å². The molecule has 0 fully saturated rings. The largest absolute Gasteiger partial charge is 0.345 e. The highest BCUT2D eigenvalue weighted by atomic mass is 79.9. The van der Waals surface area contributed by atoms with Gasteiger partial charge in [0.15, 0.2) is 0 Å². The second kappa shape index (κ2) is 5.91. The van der Waals surface area contributed by atoms with E-state index in [0.29, 0.717) is 0 Å². The SMILES string of the molecule is CN(C)C(=O)c1ccccc1Sc1ccc(Br)s1. The lowest BCUT2D eigenvalue weighted by Crippen LogP contribution is -2.22. The van der Waals surface area contributed by atoms with E-state index in [-0.39, 0.29) is 5.91 Å². The van der Waals surface area contributed by atoms with E-state index in [4.69, 9.17) is 0 Å². The van der Waals surface area contributed by atoms with E-state index in [9.17, 15) is 4.79 Å². The van der Waals surface area contributed by atoms with E-state index >= 15 is 0 Å². The molecule has 94 valence electrons. The van der Waals surface area contributed by atoms with Gasteiger partial charge in [-0.05, 0) is 40.2 Å². The maximum Gasteiger partial charge on any atom is 0.254 e. The van der Waals surface area contributed by atoms with Crippen LogP contribution in [0.3, 0.4) is 0 Å². The third-order valence-corrected chi connectivity index (χ3v) is 5.11. The Hall–Kier alpha value is -0.780. The molecule has 2 nitrogen and oxygen atoms in total. The molecule has 2 aromatic rings. The van der Waals surface area contributed by atoms with Gasteiger partial charge < -0.3 is 4.90 Å². The molecule has 2 rings (SSSR count). The Labute approximate surface area is 123 Å². The van der Waals surface area contributed by atoms with E-state index < -0.39 is 0 Å². The van der Waals surface area contributed by atoms with Crippen LogP contribution in [0.1, 0.15) is 10.4 Å². The van der Waals surface area contributed by atoms with E-state index in [1.807, 2.05) is 30.3 Å². The summed E-state index contributed by atoms with van der Waals surface area (Å²) in [7, 11) is 3.54. The molecule has 18 heavy (non-hydrogen) atoms. The second-order valence-corrected chi connectivity index (χ2v) is 7.66. The summed E-state index contributed by atoms with van der Waals surface area (Å²) >= 11 is 6.73. The highest BCUT2D eigenvalue weighted by Crippen LogP contribution is 2.37. The Morgan fingerprint density at radius 2 is 1.94 bits per heavy atom. The van der Waals surface area contributed by atoms with E-state index in [0.717, 1.165) is 14.2 Å². The second-order valence-electron chi connectivity index (χ2n) is 3.86. The van der Waals surface area contributed by atoms with Gasteiger partial charge in [0.05, 0.1) is 13.6 Å². The lowest BCUT2D eigenvalue weighted by atomic mass is 10.2. The molecule has 1 aromatic carbocycles. The monoisotopic (exact) mass is 341 g/mol. The lowest BCUT2D eigenvalue weighted by molar-refractivity contribution is 0.0824. The third kappa shape index (κ3) is 3.16. The number of carbonyl (C=O) groups excluding carboxylic acids is 1. The summed E-state index contributed by atoms with van der Waals surface area (Å²) in [6.45, 7) is 0. The smallest absolute Gasteiger partial charge is 0.254 e. The maximum atomic E-state index is 12.1. The van der Waals surface area contributed by atoms with Gasteiger partial charge in [-0.2, -0.15) is 0 Å². The van der Waals surface area contributed by atoms with Gasteiger partial charge in [0.1, 0.15) is 0 Å². The molecule has 0 bridgehead atoms. The molecule has 0 spiro atoms. The zero-order valence-corrected chi connectivity index (χ0v) is 13.2. The Balaban J connectivity index is 2.30. The van der Waals surface area contributed by atoms with Gasteiger partial charge in [0.25, 0.3) is 5.91 Å². The molecule has 0 aliphatic carbocycles. The molecule has 0 unspecified atom stereocenters. The standard InChI is InChI=1S/C13H12BrNOS2/c1-15(2)13(16)9-5-3-4-6-10(9)17-12-8-7-11(14)18-12/h3-8H,1-2H3. The van der Waals surface area contributed by atoms with Gasteiger partial charge in [-0.3, -0.25) is 4.79 Å². The third-order valence-electron chi connectivity index (χ3n) is 2.28. The predicted octanol–water partition coefficient (Wildman–Crippen LogP) is 4.36. The van der Waals surface area contributed by atoms with Gasteiger partial charge in [-0.15, -0.1) is 11.3 Å². The number of thiophene rings is 1. The minimum atomic E-state index is 0.0359. The Bertz CT molecular complexity index is 566. The Kier molecular flexibility index (Phi) is 4.48. The molecule has 0 atom stereocenters. The quantitative estimate of drug-likeness (QED) is 0.826. The first-order chi connectivity index (χ1) is 8.58. The molecule has 1 aromatic heterocycles. The minimum Gasteiger partial charge on any atom is -0.345 e. The Morgan fingerprint density at radius 3 is 2.56 bits per heavy atom. The van der Waals surface area contributed by atoms with Crippen LogP contribution in [0.4, 0.5) is 0 Å². The van der Waals surface area contributed by atoms with Crippen molar-refractivity contribution < 1.29 is 4.79 Å². The molecular weight excluding hydrogens is 330 g/mol. The number of amides is 1. The molecule has 0 saturated heterocycles. The fourth-order valence-corrected chi connectivity index (χ4v) is 4.35. The first-order valence-electron chi connectivity index (χ1n) is 5.32. The number of hydrogen-bond acceptors (Lipinski definition) is 3. The highest BCUT2D eigenvalue weighted by molar-refractivity contribution is 9.11. The van der Waals surface area contributed by atoms with Gasteiger partial charge in [-0.1, -0.05) is 23.9 Å². The molecule has 1 amide bonds. The molecule has 5 heteroatoms. The average molecular weight is 342 g/mol. The van der Waals surface area contributed by atoms with E-state index in [1.54, 1.807) is 42.1 Å². The number of nitrogens with zero attached hydrogens (tertiary/aromatic N) is 1. The van der Waals surface area contributed by atoms with Crippen molar-refractivity contribution in [2.45, 2.75) is 9.10 Å². The average Bonchev–Trinajstić information content (AvgIpc) is 2.74. The van der Waals surface area contributed by atoms with Crippen LogP contribution < -0.4 is 0 Å². The van der Waals surface area contributed by atoms with Crippen molar-refractivity contribution in [3.05, 3.63) is 45.7 Å². The molecule has 0 aliphatic rings. The Morgan fingerprint density at radius 1 is 1.22 bits per heavy atom. The van der Waals surface area contributed by atoms with Crippen molar-refractivity contribution in [1.82, 2.24) is 4.90 Å². The van der Waals surface area contributed by atoms with Crippen LogP contribution in [0, 0.1) is 0 Å². The van der Waals surface area contributed by atoms with Crippen molar-refractivity contribution in [1.29, 1.82) is 0 Å². The summed E-state index contributed by atoms with van der Waals surface area (Å²) < 4.78 is 2.27. The molecule has 0 saturated carbocycles. The number of carbonyl (C=O) groups is 1. The van der Waals surface area contributed by atoms with Crippen molar-refractivity contribution in [3.63, 3.8) is 0 Å². The first kappa shape index (κ1) is 13.6. The zero-order valence-electron chi connectivity index (χ0n) is 10.0. The van der Waals surface area contributed by atoms with Crippen LogP contribution in [-0.2, 0) is 0 Å². The normalized spacial score (nSPS) is 10.4. The summed E-state index contributed by atoms with van der Waals surface area (Å²) in [5.41, 5.74) is 0.747. The van der Waals surface area contributed by atoms with E-state index in [1.165, 1.54) is 4.21 Å². The van der Waals surface area contributed by atoms with Crippen LogP contribution >= 0.6 is 39.0 Å². The summed E-state index contributed by atoms with van der Waals surface area (Å²) in [5, 5.41) is 0. The summed E-state index contributed by atoms with van der Waals surface area (Å²) in [4.78, 5) is 14.7. The van der Waals surface area contributed by atoms with Gasteiger partial charge in [0.2, 0.25) is 0 Å². The molecule has 1 heterocycles. The summed E-state index contributed by atoms with van der Waals surface area (Å²) in [6.07, 6.45) is 0. The first-order valence-corrected chi connectivity index (χ1v) is 7.74. The van der Waals surface area contributed by atoms with Crippen molar-refractivity contribution in [2.75, 3.05) is 14.1 Å². The van der Waals surface area contributed by atoms with Crippen LogP contribution in [0.25, 0.3) is 0 Å². The topological polar surface area (TPSA) is 20.3 Å². The van der Waals surface area contributed by atoms with Crippen LogP contribution in [0.15, 0.2) is 49.3 Å². The zero-order chi connectivity index (χ0) is 13.1. The number of hydrogen-bond donors (Lipinski definition) is 0. The van der Waals surface area contributed by atoms with Crippen molar-refractivity contribution in [3.8, 4) is 0 Å². The number of rotatable bonds is 3. The van der Waals surface area contributed by atoms with Crippen LogP contribution in [0.5, 0.6) is 0 Å². The number of halogens is 1. The minimum absolute atomic E-state index is 0.0359. The summed E-state index contributed by atoms with van der Waals surface area (Å²) in [5.74, 6) is 0.0359. The van der Waals surface area contributed by atoms with Crippen LogP contribution in [-0.4, -0.2) is 24.9 Å². The fourth-order valence-electron chi connectivity index (χ4n) is 1.43. The highest BCUT2D eigenvalue weighted by Gasteiger charge is 2.14. The molecule has 0 N–H and O–H groups in total. The van der Waals surface area contributed by atoms with Crippen molar-refractivity contribution in [2.24, 2.45) is 0 Å². The van der Waals surface area contributed by atoms with Gasteiger partial charge in [0, 0.05) is 19.0 Å². The van der Waals surface area contributed by atoms with Gasteiger partial charge in [-0.25, -0.2) is 0 Å². The van der Waals surface area contributed by atoms with Gasteiger partial charge >= 0.3 is 0 Å². The molecule has 0 radical (unpaired) electrons. The molecular formula is C13H12BrNOS2. The summed E-state index contributed by atoms with van der Waals surface area (Å²) in [6, 6.07) is 11.8. The predicted molar refractivity (Wildman–Crippen MR) is 80.6 cm³/mol. The lowest BCUT2D eigenvalue weighted by Gasteiger charge is -2.13. The van der Waals surface area contributed by atoms with Crippen LogP contribution in [0.2, 0.25) is 0 Å². The fraction of sp³-hybridized carbons (Fsp3) is 0.154. The number of benzene rings is 1. The molecule has 0 aliphatic heterocycles.